The standard InChI is InChI=1S/C15H22FN3O/c1-11(2)17-9-12-8-13(16)4-5-14(12)19-7-6-18(3)15(20)10-19/h4-5,8,11,17H,6-7,9-10H2,1-3H3. The summed E-state index contributed by atoms with van der Waals surface area (Å²) < 4.78 is 13.5. The highest BCUT2D eigenvalue weighted by Gasteiger charge is 2.22. The number of rotatable bonds is 4. The van der Waals surface area contributed by atoms with Crippen LogP contribution in [0.1, 0.15) is 19.4 Å². The van der Waals surface area contributed by atoms with Gasteiger partial charge in [0.05, 0.1) is 6.54 Å². The molecule has 1 aromatic rings. The van der Waals surface area contributed by atoms with Crippen LogP contribution in [-0.4, -0.2) is 43.5 Å². The molecule has 1 saturated heterocycles. The van der Waals surface area contributed by atoms with Gasteiger partial charge in [-0.1, -0.05) is 13.8 Å². The van der Waals surface area contributed by atoms with Gasteiger partial charge in [0, 0.05) is 38.4 Å². The maximum Gasteiger partial charge on any atom is 0.241 e. The smallest absolute Gasteiger partial charge is 0.241 e. The third kappa shape index (κ3) is 3.48. The van der Waals surface area contributed by atoms with Crippen LogP contribution in [0.5, 0.6) is 0 Å². The van der Waals surface area contributed by atoms with Crippen molar-refractivity contribution in [1.29, 1.82) is 0 Å². The van der Waals surface area contributed by atoms with Crippen LogP contribution in [0.4, 0.5) is 10.1 Å². The Morgan fingerprint density at radius 3 is 2.75 bits per heavy atom. The van der Waals surface area contributed by atoms with E-state index in [4.69, 9.17) is 0 Å². The highest BCUT2D eigenvalue weighted by Crippen LogP contribution is 2.23. The Hall–Kier alpha value is -1.62. The fourth-order valence-electron chi connectivity index (χ4n) is 2.28. The fourth-order valence-corrected chi connectivity index (χ4v) is 2.28. The van der Waals surface area contributed by atoms with Crippen LogP contribution in [0.15, 0.2) is 18.2 Å². The molecule has 5 heteroatoms. The van der Waals surface area contributed by atoms with Gasteiger partial charge < -0.3 is 15.1 Å². The van der Waals surface area contributed by atoms with E-state index in [1.807, 2.05) is 11.9 Å². The van der Waals surface area contributed by atoms with Crippen molar-refractivity contribution in [3.8, 4) is 0 Å². The Kier molecular flexibility index (Phi) is 4.60. The number of hydrogen-bond donors (Lipinski definition) is 1. The lowest BCUT2D eigenvalue weighted by atomic mass is 10.1. The second-order valence-corrected chi connectivity index (χ2v) is 5.55. The summed E-state index contributed by atoms with van der Waals surface area (Å²) in [5.41, 5.74) is 1.84. The van der Waals surface area contributed by atoms with Gasteiger partial charge in [0.15, 0.2) is 0 Å². The van der Waals surface area contributed by atoms with E-state index >= 15 is 0 Å². The number of nitrogens with one attached hydrogen (secondary N) is 1. The Morgan fingerprint density at radius 1 is 1.35 bits per heavy atom. The molecule has 0 bridgehead atoms. The minimum absolute atomic E-state index is 0.100. The summed E-state index contributed by atoms with van der Waals surface area (Å²) in [7, 11) is 1.81. The van der Waals surface area contributed by atoms with Crippen LogP contribution in [0.25, 0.3) is 0 Å². The average Bonchev–Trinajstić information content (AvgIpc) is 2.40. The van der Waals surface area contributed by atoms with Crippen LogP contribution in [0.3, 0.4) is 0 Å². The minimum atomic E-state index is -0.241. The molecular weight excluding hydrogens is 257 g/mol. The van der Waals surface area contributed by atoms with Crippen LogP contribution in [-0.2, 0) is 11.3 Å². The number of hydrogen-bond acceptors (Lipinski definition) is 3. The van der Waals surface area contributed by atoms with E-state index in [1.54, 1.807) is 17.0 Å². The second-order valence-electron chi connectivity index (χ2n) is 5.55. The van der Waals surface area contributed by atoms with Crippen molar-refractivity contribution in [2.75, 3.05) is 31.6 Å². The Morgan fingerprint density at radius 2 is 2.10 bits per heavy atom. The quantitative estimate of drug-likeness (QED) is 0.909. The van der Waals surface area contributed by atoms with Gasteiger partial charge in [-0.3, -0.25) is 4.79 Å². The first-order valence-corrected chi connectivity index (χ1v) is 6.98. The molecule has 0 radical (unpaired) electrons. The first-order chi connectivity index (χ1) is 9.47. The first-order valence-electron chi connectivity index (χ1n) is 6.98. The number of carbonyl (C=O) groups excluding carboxylic acids is 1. The Balaban J connectivity index is 2.19. The van der Waals surface area contributed by atoms with Gasteiger partial charge in [-0.15, -0.1) is 0 Å². The maximum absolute atomic E-state index is 13.5. The third-order valence-electron chi connectivity index (χ3n) is 3.54. The minimum Gasteiger partial charge on any atom is -0.360 e. The van der Waals surface area contributed by atoms with E-state index < -0.39 is 0 Å². The molecule has 1 amide bonds. The van der Waals surface area contributed by atoms with E-state index in [9.17, 15) is 9.18 Å². The predicted octanol–water partition coefficient (Wildman–Crippen LogP) is 1.60. The van der Waals surface area contributed by atoms with Crippen molar-refractivity contribution in [1.82, 2.24) is 10.2 Å². The number of piperazine rings is 1. The molecule has 0 spiro atoms. The lowest BCUT2D eigenvalue weighted by Crippen LogP contribution is -2.49. The van der Waals surface area contributed by atoms with E-state index in [1.165, 1.54) is 6.07 Å². The summed E-state index contributed by atoms with van der Waals surface area (Å²) in [5.74, 6) is -0.141. The van der Waals surface area contributed by atoms with E-state index in [0.29, 0.717) is 25.7 Å². The van der Waals surface area contributed by atoms with Gasteiger partial charge in [0.25, 0.3) is 0 Å². The number of benzene rings is 1. The SMILES string of the molecule is CC(C)NCc1cc(F)ccc1N1CCN(C)C(=O)C1. The molecule has 1 heterocycles. The summed E-state index contributed by atoms with van der Waals surface area (Å²) in [4.78, 5) is 15.6. The van der Waals surface area contributed by atoms with Crippen LogP contribution >= 0.6 is 0 Å². The van der Waals surface area contributed by atoms with Gasteiger partial charge in [0.1, 0.15) is 5.82 Å². The van der Waals surface area contributed by atoms with E-state index in [-0.39, 0.29) is 11.7 Å². The van der Waals surface area contributed by atoms with Gasteiger partial charge in [0.2, 0.25) is 5.91 Å². The third-order valence-corrected chi connectivity index (χ3v) is 3.54. The predicted molar refractivity (Wildman–Crippen MR) is 78.2 cm³/mol. The Labute approximate surface area is 119 Å². The van der Waals surface area contributed by atoms with Crippen molar-refractivity contribution in [2.45, 2.75) is 26.4 Å². The van der Waals surface area contributed by atoms with E-state index in [2.05, 4.69) is 19.2 Å². The largest absolute Gasteiger partial charge is 0.360 e. The van der Waals surface area contributed by atoms with Crippen LogP contribution in [0, 0.1) is 5.82 Å². The number of likely N-dealkylation sites (N-methyl/N-ethyl adjacent to an activating group) is 1. The van der Waals surface area contributed by atoms with Crippen molar-refractivity contribution in [3.63, 3.8) is 0 Å². The molecule has 0 unspecified atom stereocenters. The fraction of sp³-hybridized carbons (Fsp3) is 0.533. The molecule has 4 nitrogen and oxygen atoms in total. The van der Waals surface area contributed by atoms with Crippen LogP contribution < -0.4 is 10.2 Å². The van der Waals surface area contributed by atoms with Crippen LogP contribution in [0.2, 0.25) is 0 Å². The lowest BCUT2D eigenvalue weighted by molar-refractivity contribution is -0.129. The highest BCUT2D eigenvalue weighted by atomic mass is 19.1. The molecule has 1 N–H and O–H groups in total. The summed E-state index contributed by atoms with van der Waals surface area (Å²) >= 11 is 0. The normalized spacial score (nSPS) is 16.1. The summed E-state index contributed by atoms with van der Waals surface area (Å²) in [6.45, 7) is 6.55. The molecule has 20 heavy (non-hydrogen) atoms. The molecule has 0 atom stereocenters. The van der Waals surface area contributed by atoms with Crippen molar-refractivity contribution < 1.29 is 9.18 Å². The van der Waals surface area contributed by atoms with Crippen molar-refractivity contribution in [3.05, 3.63) is 29.6 Å². The zero-order chi connectivity index (χ0) is 14.7. The number of amides is 1. The van der Waals surface area contributed by atoms with Gasteiger partial charge in [-0.2, -0.15) is 0 Å². The molecule has 1 aromatic carbocycles. The average molecular weight is 279 g/mol. The topological polar surface area (TPSA) is 35.6 Å². The van der Waals surface area contributed by atoms with Gasteiger partial charge in [-0.25, -0.2) is 4.39 Å². The lowest BCUT2D eigenvalue weighted by Gasteiger charge is -2.34. The molecule has 1 aliphatic rings. The summed E-state index contributed by atoms with van der Waals surface area (Å²) in [5, 5.41) is 3.30. The zero-order valence-electron chi connectivity index (χ0n) is 12.3. The van der Waals surface area contributed by atoms with Crippen molar-refractivity contribution in [2.24, 2.45) is 0 Å². The molecule has 0 aromatic heterocycles. The first kappa shape index (κ1) is 14.8. The molecule has 1 aliphatic heterocycles. The summed E-state index contributed by atoms with van der Waals surface area (Å²) in [6.07, 6.45) is 0. The number of carbonyl (C=O) groups is 1. The molecular formula is C15H22FN3O. The monoisotopic (exact) mass is 279 g/mol. The number of nitrogens with zero attached hydrogens (tertiary/aromatic N) is 2. The number of anilines is 1. The molecule has 0 saturated carbocycles. The Bertz CT molecular complexity index is 490. The van der Waals surface area contributed by atoms with Gasteiger partial charge >= 0.3 is 0 Å². The number of halogens is 1. The maximum atomic E-state index is 13.5. The molecule has 110 valence electrons. The second kappa shape index (κ2) is 6.22. The summed E-state index contributed by atoms with van der Waals surface area (Å²) in [6, 6.07) is 5.11. The van der Waals surface area contributed by atoms with Gasteiger partial charge in [-0.05, 0) is 23.8 Å². The molecule has 0 aliphatic carbocycles. The molecule has 1 fully saturated rings. The zero-order valence-corrected chi connectivity index (χ0v) is 12.3. The highest BCUT2D eigenvalue weighted by molar-refractivity contribution is 5.83. The van der Waals surface area contributed by atoms with E-state index in [0.717, 1.165) is 17.8 Å². The molecule has 2 rings (SSSR count). The van der Waals surface area contributed by atoms with Crippen molar-refractivity contribution >= 4 is 11.6 Å².